The van der Waals surface area contributed by atoms with E-state index in [2.05, 4.69) is 38.1 Å². The molecule has 0 aromatic heterocycles. The molecular formula is C19H24O2. The molecule has 1 aromatic rings. The third-order valence-electron chi connectivity index (χ3n) is 4.19. The molecule has 1 N–H and O–H groups in total. The summed E-state index contributed by atoms with van der Waals surface area (Å²) in [5.41, 5.74) is 3.89. The van der Waals surface area contributed by atoms with Crippen molar-refractivity contribution in [1.29, 1.82) is 0 Å². The Hall–Kier alpha value is -1.83. The minimum Gasteiger partial charge on any atom is -0.481 e. The van der Waals surface area contributed by atoms with Gasteiger partial charge in [-0.1, -0.05) is 53.6 Å². The smallest absolute Gasteiger partial charge is 0.307 e. The van der Waals surface area contributed by atoms with Gasteiger partial charge in [0.15, 0.2) is 0 Å². The third kappa shape index (κ3) is 4.32. The van der Waals surface area contributed by atoms with Gasteiger partial charge >= 0.3 is 5.97 Å². The second kappa shape index (κ2) is 7.26. The summed E-state index contributed by atoms with van der Waals surface area (Å²) in [6, 6.07) is 10.1. The fourth-order valence-corrected chi connectivity index (χ4v) is 3.04. The molecule has 0 amide bonds. The highest BCUT2D eigenvalue weighted by Gasteiger charge is 2.31. The molecule has 0 saturated heterocycles. The van der Waals surface area contributed by atoms with Crippen LogP contribution in [0.2, 0.25) is 0 Å². The number of benzene rings is 1. The quantitative estimate of drug-likeness (QED) is 0.778. The predicted molar refractivity (Wildman–Crippen MR) is 86.3 cm³/mol. The topological polar surface area (TPSA) is 37.3 Å². The maximum atomic E-state index is 11.5. The number of hydrogen-bond donors (Lipinski definition) is 1. The minimum atomic E-state index is -0.677. The second-order valence-electron chi connectivity index (χ2n) is 6.08. The first-order chi connectivity index (χ1) is 10.1. The van der Waals surface area contributed by atoms with E-state index in [9.17, 15) is 9.90 Å². The number of hydrogen-bond acceptors (Lipinski definition) is 1. The average molecular weight is 284 g/mol. The zero-order valence-electron chi connectivity index (χ0n) is 12.9. The van der Waals surface area contributed by atoms with Gasteiger partial charge in [0, 0.05) is 5.92 Å². The van der Waals surface area contributed by atoms with Crippen LogP contribution >= 0.6 is 0 Å². The third-order valence-corrected chi connectivity index (χ3v) is 4.19. The predicted octanol–water partition coefficient (Wildman–Crippen LogP) is 4.94. The SMILES string of the molecule is CC(C)=CCCC1=CC[C@@H](C(=O)O)[C@H](c2ccccc2)C1. The molecule has 0 aliphatic heterocycles. The maximum absolute atomic E-state index is 11.5. The molecule has 2 atom stereocenters. The van der Waals surface area contributed by atoms with Gasteiger partial charge in [0.05, 0.1) is 5.92 Å². The Labute approximate surface area is 127 Å². The lowest BCUT2D eigenvalue weighted by atomic mass is 9.75. The standard InChI is InChI=1S/C19H24O2/c1-14(2)7-6-8-15-11-12-17(19(20)21)18(13-15)16-9-4-3-5-10-16/h3-5,7,9-11,17-18H,6,8,12-13H2,1-2H3,(H,20,21)/t17-,18+/m1/s1. The summed E-state index contributed by atoms with van der Waals surface area (Å²) in [5.74, 6) is -0.863. The number of aliphatic carboxylic acids is 1. The van der Waals surface area contributed by atoms with Crippen LogP contribution < -0.4 is 0 Å². The van der Waals surface area contributed by atoms with Crippen LogP contribution in [0.5, 0.6) is 0 Å². The molecule has 1 aliphatic carbocycles. The van der Waals surface area contributed by atoms with Crippen molar-refractivity contribution in [1.82, 2.24) is 0 Å². The fourth-order valence-electron chi connectivity index (χ4n) is 3.04. The lowest BCUT2D eigenvalue weighted by molar-refractivity contribution is -0.142. The molecular weight excluding hydrogens is 260 g/mol. The van der Waals surface area contributed by atoms with Crippen LogP contribution in [0, 0.1) is 5.92 Å². The Kier molecular flexibility index (Phi) is 5.38. The molecule has 0 saturated carbocycles. The normalized spacial score (nSPS) is 21.5. The van der Waals surface area contributed by atoms with Crippen molar-refractivity contribution in [2.45, 2.75) is 45.4 Å². The van der Waals surface area contributed by atoms with Crippen molar-refractivity contribution in [2.75, 3.05) is 0 Å². The van der Waals surface area contributed by atoms with Crippen LogP contribution in [0.3, 0.4) is 0 Å². The minimum absolute atomic E-state index is 0.107. The van der Waals surface area contributed by atoms with Gasteiger partial charge in [0.25, 0.3) is 0 Å². The van der Waals surface area contributed by atoms with Crippen LogP contribution in [0.1, 0.15) is 51.0 Å². The molecule has 2 nitrogen and oxygen atoms in total. The number of allylic oxidation sites excluding steroid dienone is 4. The van der Waals surface area contributed by atoms with Gasteiger partial charge < -0.3 is 5.11 Å². The summed E-state index contributed by atoms with van der Waals surface area (Å²) in [4.78, 5) is 11.5. The van der Waals surface area contributed by atoms with Crippen LogP contribution in [0.15, 0.2) is 53.6 Å². The van der Waals surface area contributed by atoms with Gasteiger partial charge in [-0.15, -0.1) is 0 Å². The molecule has 0 spiro atoms. The molecule has 0 radical (unpaired) electrons. The van der Waals surface area contributed by atoms with E-state index in [4.69, 9.17) is 0 Å². The van der Waals surface area contributed by atoms with Gasteiger partial charge in [-0.05, 0) is 45.1 Å². The monoisotopic (exact) mass is 284 g/mol. The zero-order valence-corrected chi connectivity index (χ0v) is 12.9. The van der Waals surface area contributed by atoms with E-state index in [1.54, 1.807) is 0 Å². The number of carboxylic acid groups (broad SMARTS) is 1. The lowest BCUT2D eigenvalue weighted by Gasteiger charge is -2.29. The highest BCUT2D eigenvalue weighted by Crippen LogP contribution is 2.39. The molecule has 0 fully saturated rings. The molecule has 1 aromatic carbocycles. The Bertz CT molecular complexity index is 536. The van der Waals surface area contributed by atoms with Crippen LogP contribution in [-0.2, 0) is 4.79 Å². The van der Waals surface area contributed by atoms with Crippen molar-refractivity contribution < 1.29 is 9.90 Å². The van der Waals surface area contributed by atoms with Crippen molar-refractivity contribution in [3.8, 4) is 0 Å². The maximum Gasteiger partial charge on any atom is 0.307 e. The van der Waals surface area contributed by atoms with Gasteiger partial charge in [-0.3, -0.25) is 4.79 Å². The van der Waals surface area contributed by atoms with E-state index in [0.717, 1.165) is 24.8 Å². The first-order valence-corrected chi connectivity index (χ1v) is 7.67. The molecule has 2 heteroatoms. The van der Waals surface area contributed by atoms with Crippen molar-refractivity contribution in [3.05, 3.63) is 59.2 Å². The van der Waals surface area contributed by atoms with Crippen LogP contribution in [0.25, 0.3) is 0 Å². The van der Waals surface area contributed by atoms with E-state index in [-0.39, 0.29) is 11.8 Å². The number of carboxylic acids is 1. The largest absolute Gasteiger partial charge is 0.481 e. The van der Waals surface area contributed by atoms with Crippen molar-refractivity contribution in [3.63, 3.8) is 0 Å². The Morgan fingerprint density at radius 1 is 1.29 bits per heavy atom. The Morgan fingerprint density at radius 2 is 2.00 bits per heavy atom. The summed E-state index contributed by atoms with van der Waals surface area (Å²) in [6.07, 6.45) is 8.02. The van der Waals surface area contributed by atoms with E-state index in [1.807, 2.05) is 18.2 Å². The molecule has 21 heavy (non-hydrogen) atoms. The van der Waals surface area contributed by atoms with Gasteiger partial charge in [-0.2, -0.15) is 0 Å². The highest BCUT2D eigenvalue weighted by molar-refractivity contribution is 5.72. The summed E-state index contributed by atoms with van der Waals surface area (Å²) < 4.78 is 0. The number of carbonyl (C=O) groups is 1. The van der Waals surface area contributed by atoms with E-state index in [1.165, 1.54) is 11.1 Å². The molecule has 0 bridgehead atoms. The summed E-state index contributed by atoms with van der Waals surface area (Å²) in [5, 5.41) is 9.47. The van der Waals surface area contributed by atoms with Crippen LogP contribution in [0.4, 0.5) is 0 Å². The summed E-state index contributed by atoms with van der Waals surface area (Å²) in [7, 11) is 0. The highest BCUT2D eigenvalue weighted by atomic mass is 16.4. The first-order valence-electron chi connectivity index (χ1n) is 7.67. The van der Waals surface area contributed by atoms with E-state index >= 15 is 0 Å². The van der Waals surface area contributed by atoms with Gasteiger partial charge in [0.1, 0.15) is 0 Å². The molecule has 2 rings (SSSR count). The Balaban J connectivity index is 2.12. The molecule has 0 unspecified atom stereocenters. The van der Waals surface area contributed by atoms with Gasteiger partial charge in [-0.25, -0.2) is 0 Å². The van der Waals surface area contributed by atoms with Crippen molar-refractivity contribution in [2.24, 2.45) is 5.92 Å². The summed E-state index contributed by atoms with van der Waals surface area (Å²) in [6.45, 7) is 4.23. The number of rotatable bonds is 5. The van der Waals surface area contributed by atoms with E-state index < -0.39 is 5.97 Å². The zero-order chi connectivity index (χ0) is 15.2. The molecule has 1 aliphatic rings. The second-order valence-corrected chi connectivity index (χ2v) is 6.08. The molecule has 0 heterocycles. The lowest BCUT2D eigenvalue weighted by Crippen LogP contribution is -2.25. The van der Waals surface area contributed by atoms with E-state index in [0.29, 0.717) is 6.42 Å². The first kappa shape index (κ1) is 15.6. The van der Waals surface area contributed by atoms with Gasteiger partial charge in [0.2, 0.25) is 0 Å². The van der Waals surface area contributed by atoms with Crippen molar-refractivity contribution >= 4 is 5.97 Å². The Morgan fingerprint density at radius 3 is 2.62 bits per heavy atom. The van der Waals surface area contributed by atoms with Crippen LogP contribution in [-0.4, -0.2) is 11.1 Å². The molecule has 112 valence electrons. The fraction of sp³-hybridized carbons (Fsp3) is 0.421. The summed E-state index contributed by atoms with van der Waals surface area (Å²) >= 11 is 0. The average Bonchev–Trinajstić information content (AvgIpc) is 2.47.